The summed E-state index contributed by atoms with van der Waals surface area (Å²) in [7, 11) is 0. The summed E-state index contributed by atoms with van der Waals surface area (Å²) in [4.78, 5) is 10.0. The third-order valence-corrected chi connectivity index (χ3v) is 1.68. The van der Waals surface area contributed by atoms with Gasteiger partial charge in [0.05, 0.1) is 21.5 Å². The van der Waals surface area contributed by atoms with E-state index in [1.807, 2.05) is 6.07 Å². The van der Waals surface area contributed by atoms with Gasteiger partial charge in [-0.2, -0.15) is 5.26 Å². The summed E-state index contributed by atoms with van der Waals surface area (Å²) in [5, 5.41) is 18.8. The van der Waals surface area contributed by atoms with Crippen LogP contribution in [-0.4, -0.2) is 4.92 Å². The zero-order valence-corrected chi connectivity index (χ0v) is 6.78. The van der Waals surface area contributed by atoms with Crippen molar-refractivity contribution in [2.45, 2.75) is 4.90 Å². The minimum Gasteiger partial charge on any atom is -0.258 e. The molecule has 1 rings (SSSR count). The van der Waals surface area contributed by atoms with Gasteiger partial charge in [0, 0.05) is 6.07 Å². The molecule has 0 saturated carbocycles. The van der Waals surface area contributed by atoms with Crippen LogP contribution in [0.25, 0.3) is 0 Å². The maximum absolute atomic E-state index is 10.3. The molecule has 5 heteroatoms. The Bertz CT molecular complexity index is 370. The summed E-state index contributed by atoms with van der Waals surface area (Å²) in [6.45, 7) is 0. The minimum atomic E-state index is -0.566. The summed E-state index contributed by atoms with van der Waals surface area (Å²) >= 11 is 3.87. The molecular formula is C7H4N2O2S. The maximum atomic E-state index is 10.3. The SMILES string of the molecule is N#Cc1ccc(S)c([N+](=O)[O-])c1. The van der Waals surface area contributed by atoms with Crippen molar-refractivity contribution in [3.05, 3.63) is 33.9 Å². The fraction of sp³-hybridized carbons (Fsp3) is 0. The molecule has 12 heavy (non-hydrogen) atoms. The summed E-state index contributed by atoms with van der Waals surface area (Å²) in [5.74, 6) is 0. The standard InChI is InChI=1S/C7H4N2O2S/c8-4-5-1-2-7(12)6(3-5)9(10)11/h1-3,12H. The van der Waals surface area contributed by atoms with Crippen LogP contribution in [0.3, 0.4) is 0 Å². The predicted molar refractivity (Wildman–Crippen MR) is 45.1 cm³/mol. The average molecular weight is 180 g/mol. The monoisotopic (exact) mass is 180 g/mol. The normalized spacial score (nSPS) is 9.00. The van der Waals surface area contributed by atoms with Crippen molar-refractivity contribution in [2.75, 3.05) is 0 Å². The third kappa shape index (κ3) is 1.54. The van der Waals surface area contributed by atoms with Crippen molar-refractivity contribution in [3.63, 3.8) is 0 Å². The van der Waals surface area contributed by atoms with Crippen molar-refractivity contribution >= 4 is 18.3 Å². The largest absolute Gasteiger partial charge is 0.283 e. The van der Waals surface area contributed by atoms with E-state index in [1.165, 1.54) is 18.2 Å². The second kappa shape index (κ2) is 3.24. The topological polar surface area (TPSA) is 66.9 Å². The lowest BCUT2D eigenvalue weighted by atomic mass is 10.2. The Morgan fingerprint density at radius 1 is 1.58 bits per heavy atom. The number of nitriles is 1. The molecule has 60 valence electrons. The molecule has 0 N–H and O–H groups in total. The smallest absolute Gasteiger partial charge is 0.258 e. The van der Waals surface area contributed by atoms with E-state index in [4.69, 9.17) is 5.26 Å². The quantitative estimate of drug-likeness (QED) is 0.406. The zero-order valence-electron chi connectivity index (χ0n) is 5.89. The molecule has 0 aliphatic rings. The maximum Gasteiger partial charge on any atom is 0.283 e. The number of nitro groups is 1. The van der Waals surface area contributed by atoms with E-state index in [9.17, 15) is 10.1 Å². The Morgan fingerprint density at radius 2 is 2.25 bits per heavy atom. The predicted octanol–water partition coefficient (Wildman–Crippen LogP) is 1.76. The van der Waals surface area contributed by atoms with Gasteiger partial charge >= 0.3 is 0 Å². The van der Waals surface area contributed by atoms with Crippen LogP contribution < -0.4 is 0 Å². The lowest BCUT2D eigenvalue weighted by Gasteiger charge is -1.94. The first-order chi connectivity index (χ1) is 5.65. The number of nitro benzene ring substituents is 1. The van der Waals surface area contributed by atoms with E-state index in [2.05, 4.69) is 12.6 Å². The Kier molecular flexibility index (Phi) is 2.31. The molecule has 0 amide bonds. The van der Waals surface area contributed by atoms with Crippen molar-refractivity contribution in [3.8, 4) is 6.07 Å². The molecule has 0 heterocycles. The zero-order chi connectivity index (χ0) is 9.14. The first-order valence-corrected chi connectivity index (χ1v) is 3.47. The van der Waals surface area contributed by atoms with Gasteiger partial charge in [-0.1, -0.05) is 0 Å². The molecule has 0 fully saturated rings. The van der Waals surface area contributed by atoms with E-state index >= 15 is 0 Å². The summed E-state index contributed by atoms with van der Waals surface area (Å²) in [5.41, 5.74) is 0.122. The molecular weight excluding hydrogens is 176 g/mol. The highest BCUT2D eigenvalue weighted by Gasteiger charge is 2.10. The third-order valence-electron chi connectivity index (χ3n) is 1.30. The summed E-state index contributed by atoms with van der Waals surface area (Å²) < 4.78 is 0. The summed E-state index contributed by atoms with van der Waals surface area (Å²) in [6, 6.07) is 5.92. The molecule has 0 atom stereocenters. The van der Waals surface area contributed by atoms with Gasteiger partial charge in [-0.25, -0.2) is 0 Å². The van der Waals surface area contributed by atoms with Gasteiger partial charge in [0.15, 0.2) is 0 Å². The highest BCUT2D eigenvalue weighted by Crippen LogP contribution is 2.22. The van der Waals surface area contributed by atoms with Crippen molar-refractivity contribution < 1.29 is 4.92 Å². The van der Waals surface area contributed by atoms with Crippen LogP contribution in [0.15, 0.2) is 23.1 Å². The molecule has 0 aromatic heterocycles. The minimum absolute atomic E-state index is 0.141. The number of benzene rings is 1. The molecule has 0 aliphatic heterocycles. The Morgan fingerprint density at radius 3 is 2.75 bits per heavy atom. The second-order valence-electron chi connectivity index (χ2n) is 2.07. The van der Waals surface area contributed by atoms with E-state index in [0.717, 1.165) is 0 Å². The highest BCUT2D eigenvalue weighted by molar-refractivity contribution is 7.80. The van der Waals surface area contributed by atoms with Crippen molar-refractivity contribution in [2.24, 2.45) is 0 Å². The fourth-order valence-electron chi connectivity index (χ4n) is 0.739. The van der Waals surface area contributed by atoms with Crippen LogP contribution in [0.5, 0.6) is 0 Å². The van der Waals surface area contributed by atoms with Gasteiger partial charge in [0.25, 0.3) is 5.69 Å². The first kappa shape index (κ1) is 8.56. The van der Waals surface area contributed by atoms with Crippen molar-refractivity contribution in [1.29, 1.82) is 5.26 Å². The molecule has 0 bridgehead atoms. The van der Waals surface area contributed by atoms with Crippen LogP contribution in [0.2, 0.25) is 0 Å². The van der Waals surface area contributed by atoms with Crippen LogP contribution in [0, 0.1) is 21.4 Å². The van der Waals surface area contributed by atoms with Gasteiger partial charge in [0.1, 0.15) is 0 Å². The Labute approximate surface area is 74.0 Å². The van der Waals surface area contributed by atoms with Gasteiger partial charge < -0.3 is 0 Å². The second-order valence-corrected chi connectivity index (χ2v) is 2.55. The van der Waals surface area contributed by atoms with Gasteiger partial charge in [0.2, 0.25) is 0 Å². The molecule has 0 spiro atoms. The molecule has 0 radical (unpaired) electrons. The van der Waals surface area contributed by atoms with Crippen LogP contribution in [0.1, 0.15) is 5.56 Å². The molecule has 0 unspecified atom stereocenters. The van der Waals surface area contributed by atoms with Gasteiger partial charge in [-0.05, 0) is 12.1 Å². The van der Waals surface area contributed by atoms with Crippen LogP contribution in [0.4, 0.5) is 5.69 Å². The molecule has 4 nitrogen and oxygen atoms in total. The number of hydrogen-bond donors (Lipinski definition) is 1. The molecule has 1 aromatic rings. The first-order valence-electron chi connectivity index (χ1n) is 3.02. The van der Waals surface area contributed by atoms with Crippen molar-refractivity contribution in [1.82, 2.24) is 0 Å². The molecule has 1 aromatic carbocycles. The van der Waals surface area contributed by atoms with Gasteiger partial charge in [-0.3, -0.25) is 10.1 Å². The number of nitrogens with zero attached hydrogens (tertiary/aromatic N) is 2. The lowest BCUT2D eigenvalue weighted by Crippen LogP contribution is -1.90. The molecule has 0 saturated heterocycles. The molecule has 0 aliphatic carbocycles. The van der Waals surface area contributed by atoms with E-state index < -0.39 is 4.92 Å². The average Bonchev–Trinajstić information content (AvgIpc) is 2.05. The lowest BCUT2D eigenvalue weighted by molar-refractivity contribution is -0.387. The number of rotatable bonds is 1. The highest BCUT2D eigenvalue weighted by atomic mass is 32.1. The fourth-order valence-corrected chi connectivity index (χ4v) is 0.960. The number of thiol groups is 1. The van der Waals surface area contributed by atoms with E-state index in [0.29, 0.717) is 0 Å². The number of hydrogen-bond acceptors (Lipinski definition) is 4. The van der Waals surface area contributed by atoms with Crippen LogP contribution in [-0.2, 0) is 0 Å². The van der Waals surface area contributed by atoms with E-state index in [-0.39, 0.29) is 16.1 Å². The Balaban J connectivity index is 3.28. The summed E-state index contributed by atoms with van der Waals surface area (Å²) in [6.07, 6.45) is 0. The Hall–Kier alpha value is -1.54. The van der Waals surface area contributed by atoms with Crippen LogP contribution >= 0.6 is 12.6 Å². The van der Waals surface area contributed by atoms with E-state index in [1.54, 1.807) is 0 Å². The van der Waals surface area contributed by atoms with Gasteiger partial charge in [-0.15, -0.1) is 12.6 Å².